The van der Waals surface area contributed by atoms with Crippen LogP contribution in [0.5, 0.6) is 0 Å². The second-order valence-electron chi connectivity index (χ2n) is 6.18. The Morgan fingerprint density at radius 2 is 1.73 bits per heavy atom. The number of nitrogens with zero attached hydrogens (tertiary/aromatic N) is 2. The Hall–Kier alpha value is -2.43. The van der Waals surface area contributed by atoms with E-state index in [1.54, 1.807) is 19.2 Å². The van der Waals surface area contributed by atoms with Gasteiger partial charge in [-0.3, -0.25) is 4.79 Å². The highest BCUT2D eigenvalue weighted by Gasteiger charge is 2.12. The van der Waals surface area contributed by atoms with Crippen molar-refractivity contribution in [1.29, 1.82) is 0 Å². The summed E-state index contributed by atoms with van der Waals surface area (Å²) in [7, 11) is 1.57. The van der Waals surface area contributed by atoms with Crippen LogP contribution in [-0.2, 0) is 12.0 Å². The molecule has 2 N–H and O–H groups in total. The molecule has 1 aromatic heterocycles. The molecule has 116 valence electrons. The third-order valence-corrected chi connectivity index (χ3v) is 3.42. The lowest BCUT2D eigenvalue weighted by atomic mass is 9.87. The maximum atomic E-state index is 11.4. The predicted octanol–water partition coefficient (Wildman–Crippen LogP) is 2.75. The van der Waals surface area contributed by atoms with Crippen LogP contribution in [0.1, 0.15) is 42.4 Å². The molecule has 0 aliphatic carbocycles. The van der Waals surface area contributed by atoms with E-state index in [1.807, 2.05) is 0 Å². The molecule has 22 heavy (non-hydrogen) atoms. The molecule has 5 nitrogen and oxygen atoms in total. The monoisotopic (exact) mass is 298 g/mol. The van der Waals surface area contributed by atoms with Crippen molar-refractivity contribution in [2.24, 2.45) is 0 Å². The van der Waals surface area contributed by atoms with Gasteiger partial charge in [0.1, 0.15) is 5.82 Å². The van der Waals surface area contributed by atoms with Crippen molar-refractivity contribution >= 4 is 11.7 Å². The van der Waals surface area contributed by atoms with E-state index < -0.39 is 0 Å². The molecule has 0 fully saturated rings. The molecule has 0 saturated carbocycles. The van der Waals surface area contributed by atoms with Gasteiger partial charge in [0.25, 0.3) is 5.91 Å². The van der Waals surface area contributed by atoms with Crippen LogP contribution in [0.2, 0.25) is 0 Å². The Morgan fingerprint density at radius 1 is 1.05 bits per heavy atom. The van der Waals surface area contributed by atoms with Gasteiger partial charge in [-0.15, -0.1) is 10.2 Å². The summed E-state index contributed by atoms with van der Waals surface area (Å²) in [5, 5.41) is 13.6. The Labute approximate surface area is 131 Å². The Morgan fingerprint density at radius 3 is 2.23 bits per heavy atom. The highest BCUT2D eigenvalue weighted by Crippen LogP contribution is 2.22. The Balaban J connectivity index is 1.97. The number of anilines is 1. The van der Waals surface area contributed by atoms with Crippen LogP contribution in [0.4, 0.5) is 5.82 Å². The quantitative estimate of drug-likeness (QED) is 0.911. The Bertz CT molecular complexity index is 627. The lowest BCUT2D eigenvalue weighted by Gasteiger charge is -2.19. The highest BCUT2D eigenvalue weighted by atomic mass is 16.1. The summed E-state index contributed by atoms with van der Waals surface area (Å²) in [5.41, 5.74) is 2.95. The fourth-order valence-corrected chi connectivity index (χ4v) is 1.99. The van der Waals surface area contributed by atoms with Crippen LogP contribution >= 0.6 is 0 Å². The van der Waals surface area contributed by atoms with Gasteiger partial charge >= 0.3 is 0 Å². The molecule has 2 aromatic rings. The molecule has 0 spiro atoms. The number of nitrogens with one attached hydrogen (secondary N) is 2. The van der Waals surface area contributed by atoms with Crippen molar-refractivity contribution in [3.8, 4) is 0 Å². The summed E-state index contributed by atoms with van der Waals surface area (Å²) in [6.45, 7) is 7.26. The number of rotatable bonds is 4. The van der Waals surface area contributed by atoms with E-state index in [0.29, 0.717) is 18.1 Å². The average Bonchev–Trinajstić information content (AvgIpc) is 2.52. The number of hydrogen-bond acceptors (Lipinski definition) is 4. The molecule has 0 aliphatic rings. The largest absolute Gasteiger partial charge is 0.365 e. The molecule has 1 amide bonds. The van der Waals surface area contributed by atoms with Gasteiger partial charge in [-0.2, -0.15) is 0 Å². The van der Waals surface area contributed by atoms with Crippen LogP contribution in [0, 0.1) is 0 Å². The van der Waals surface area contributed by atoms with E-state index >= 15 is 0 Å². The molecule has 0 aliphatic heterocycles. The van der Waals surface area contributed by atoms with Crippen LogP contribution in [0.3, 0.4) is 0 Å². The first kappa shape index (κ1) is 15.9. The molecule has 0 bridgehead atoms. The minimum atomic E-state index is -0.239. The zero-order valence-corrected chi connectivity index (χ0v) is 13.5. The minimum Gasteiger partial charge on any atom is -0.365 e. The molecule has 0 atom stereocenters. The summed E-state index contributed by atoms with van der Waals surface area (Å²) in [6, 6.07) is 11.9. The van der Waals surface area contributed by atoms with Gasteiger partial charge < -0.3 is 10.6 Å². The fraction of sp³-hybridized carbons (Fsp3) is 0.353. The van der Waals surface area contributed by atoms with Gasteiger partial charge in [0.05, 0.1) is 0 Å². The third-order valence-electron chi connectivity index (χ3n) is 3.42. The number of aromatic nitrogens is 2. The first-order chi connectivity index (χ1) is 10.4. The van der Waals surface area contributed by atoms with E-state index in [4.69, 9.17) is 0 Å². The van der Waals surface area contributed by atoms with Crippen LogP contribution < -0.4 is 10.6 Å². The molecule has 1 aromatic carbocycles. The molecule has 0 saturated heterocycles. The van der Waals surface area contributed by atoms with Crippen LogP contribution in [-0.4, -0.2) is 23.2 Å². The van der Waals surface area contributed by atoms with E-state index in [9.17, 15) is 4.79 Å². The summed E-state index contributed by atoms with van der Waals surface area (Å²) in [4.78, 5) is 11.4. The number of hydrogen-bond donors (Lipinski definition) is 2. The normalized spacial score (nSPS) is 11.1. The SMILES string of the molecule is CNC(=O)c1ccc(NCc2ccc(C(C)(C)C)cc2)nn1. The zero-order chi connectivity index (χ0) is 16.2. The summed E-state index contributed by atoms with van der Waals surface area (Å²) < 4.78 is 0. The third kappa shape index (κ3) is 4.04. The van der Waals surface area contributed by atoms with E-state index in [1.165, 1.54) is 11.1 Å². The van der Waals surface area contributed by atoms with Crippen molar-refractivity contribution in [3.05, 3.63) is 53.2 Å². The molecule has 0 unspecified atom stereocenters. The second-order valence-corrected chi connectivity index (χ2v) is 6.18. The standard InChI is InChI=1S/C17H22N4O/c1-17(2,3)13-7-5-12(6-8-13)11-19-15-10-9-14(20-21-15)16(22)18-4/h5-10H,11H2,1-4H3,(H,18,22)(H,19,21). The zero-order valence-electron chi connectivity index (χ0n) is 13.5. The number of carbonyl (C=O) groups is 1. The van der Waals surface area contributed by atoms with Crippen molar-refractivity contribution < 1.29 is 4.79 Å². The highest BCUT2D eigenvalue weighted by molar-refractivity contribution is 5.91. The van der Waals surface area contributed by atoms with Crippen LogP contribution in [0.25, 0.3) is 0 Å². The molecular formula is C17H22N4O. The smallest absolute Gasteiger partial charge is 0.271 e. The average molecular weight is 298 g/mol. The minimum absolute atomic E-state index is 0.160. The molecule has 0 radical (unpaired) electrons. The van der Waals surface area contributed by atoms with Crippen LogP contribution in [0.15, 0.2) is 36.4 Å². The number of amides is 1. The van der Waals surface area contributed by atoms with Gasteiger partial charge in [0, 0.05) is 13.6 Å². The summed E-state index contributed by atoms with van der Waals surface area (Å²) in [6.07, 6.45) is 0. The molecular weight excluding hydrogens is 276 g/mol. The summed E-state index contributed by atoms with van der Waals surface area (Å²) >= 11 is 0. The fourth-order valence-electron chi connectivity index (χ4n) is 1.99. The lowest BCUT2D eigenvalue weighted by molar-refractivity contribution is 0.0957. The number of benzene rings is 1. The molecule has 1 heterocycles. The van der Waals surface area contributed by atoms with Crippen molar-refractivity contribution in [2.75, 3.05) is 12.4 Å². The van der Waals surface area contributed by atoms with Crippen molar-refractivity contribution in [1.82, 2.24) is 15.5 Å². The van der Waals surface area contributed by atoms with E-state index in [2.05, 4.69) is 65.9 Å². The maximum absolute atomic E-state index is 11.4. The predicted molar refractivity (Wildman–Crippen MR) is 87.9 cm³/mol. The second kappa shape index (κ2) is 6.56. The topological polar surface area (TPSA) is 66.9 Å². The van der Waals surface area contributed by atoms with Crippen molar-refractivity contribution in [2.45, 2.75) is 32.7 Å². The van der Waals surface area contributed by atoms with Gasteiger partial charge in [0.15, 0.2) is 5.69 Å². The maximum Gasteiger partial charge on any atom is 0.271 e. The van der Waals surface area contributed by atoms with Gasteiger partial charge in [-0.1, -0.05) is 45.0 Å². The van der Waals surface area contributed by atoms with Gasteiger partial charge in [-0.25, -0.2) is 0 Å². The summed E-state index contributed by atoms with van der Waals surface area (Å²) in [5.74, 6) is 0.407. The molecule has 2 rings (SSSR count). The Kier molecular flexibility index (Phi) is 4.75. The van der Waals surface area contributed by atoms with Gasteiger partial charge in [-0.05, 0) is 28.7 Å². The van der Waals surface area contributed by atoms with E-state index in [-0.39, 0.29) is 11.3 Å². The number of carbonyl (C=O) groups excluding carboxylic acids is 1. The van der Waals surface area contributed by atoms with Crippen molar-refractivity contribution in [3.63, 3.8) is 0 Å². The van der Waals surface area contributed by atoms with E-state index in [0.717, 1.165) is 0 Å². The first-order valence-electron chi connectivity index (χ1n) is 7.29. The lowest BCUT2D eigenvalue weighted by Crippen LogP contribution is -2.19. The van der Waals surface area contributed by atoms with Gasteiger partial charge in [0.2, 0.25) is 0 Å². The molecule has 5 heteroatoms. The first-order valence-corrected chi connectivity index (χ1v) is 7.29.